The van der Waals surface area contributed by atoms with Crippen molar-refractivity contribution in [2.24, 2.45) is 0 Å². The average molecular weight is 258 g/mol. The Morgan fingerprint density at radius 3 is 2.19 bits per heavy atom. The van der Waals surface area contributed by atoms with Gasteiger partial charge in [0.25, 0.3) is 0 Å². The first kappa shape index (κ1) is 14.0. The lowest BCUT2D eigenvalue weighted by atomic mass is 10.4. The van der Waals surface area contributed by atoms with Crippen molar-refractivity contribution in [1.29, 1.82) is 0 Å². The summed E-state index contributed by atoms with van der Waals surface area (Å²) in [7, 11) is 0. The fourth-order valence-electron chi connectivity index (χ4n) is 1.32. The lowest BCUT2D eigenvalue weighted by molar-refractivity contribution is 0.565. The van der Waals surface area contributed by atoms with Crippen LogP contribution in [0.5, 0.6) is 0 Å². The highest BCUT2D eigenvalue weighted by molar-refractivity contribution is 8.16. The minimum absolute atomic E-state index is 0.567. The molecule has 0 fully saturated rings. The molecule has 0 aliphatic rings. The predicted octanol–water partition coefficient (Wildman–Crippen LogP) is 5.34. The summed E-state index contributed by atoms with van der Waals surface area (Å²) >= 11 is 4.11. The van der Waals surface area contributed by atoms with Gasteiger partial charge >= 0.3 is 0 Å². The van der Waals surface area contributed by atoms with E-state index in [1.54, 1.807) is 6.26 Å². The molecule has 1 aromatic heterocycles. The Kier molecular flexibility index (Phi) is 7.95. The van der Waals surface area contributed by atoms with Crippen LogP contribution >= 0.6 is 23.5 Å². The molecule has 1 aromatic rings. The van der Waals surface area contributed by atoms with E-state index >= 15 is 0 Å². The first-order valence-electron chi connectivity index (χ1n) is 6.13. The van der Waals surface area contributed by atoms with Crippen LogP contribution in [0.15, 0.2) is 23.0 Å². The van der Waals surface area contributed by atoms with Crippen LogP contribution in [-0.2, 0) is 0 Å². The van der Waals surface area contributed by atoms with Crippen molar-refractivity contribution in [3.05, 3.63) is 24.2 Å². The fraction of sp³-hybridized carbons (Fsp3) is 0.692. The zero-order valence-corrected chi connectivity index (χ0v) is 11.9. The minimum atomic E-state index is 0.567. The molecule has 0 saturated carbocycles. The smallest absolute Gasteiger partial charge is 0.0954 e. The number of furan rings is 1. The van der Waals surface area contributed by atoms with Crippen LogP contribution in [-0.4, -0.2) is 11.5 Å². The molecule has 1 rings (SSSR count). The predicted molar refractivity (Wildman–Crippen MR) is 76.2 cm³/mol. The molecule has 0 saturated heterocycles. The largest absolute Gasteiger partial charge is 0.472 e. The molecular formula is C13H22OS2. The van der Waals surface area contributed by atoms with Gasteiger partial charge in [0.05, 0.1) is 17.1 Å². The van der Waals surface area contributed by atoms with Crippen molar-refractivity contribution in [3.8, 4) is 0 Å². The van der Waals surface area contributed by atoms with E-state index in [0.29, 0.717) is 4.58 Å². The monoisotopic (exact) mass is 258 g/mol. The molecule has 0 spiro atoms. The summed E-state index contributed by atoms with van der Waals surface area (Å²) in [5.74, 6) is 2.51. The van der Waals surface area contributed by atoms with Gasteiger partial charge < -0.3 is 4.42 Å². The molecule has 92 valence electrons. The summed E-state index contributed by atoms with van der Waals surface area (Å²) in [4.78, 5) is 0. The van der Waals surface area contributed by atoms with Crippen LogP contribution in [0.1, 0.15) is 49.7 Å². The Morgan fingerprint density at radius 1 is 1.12 bits per heavy atom. The van der Waals surface area contributed by atoms with Gasteiger partial charge in [0, 0.05) is 5.56 Å². The number of hydrogen-bond donors (Lipinski definition) is 0. The standard InChI is InChI=1S/C13H22OS2/c1-3-5-9-15-13(16-10-6-4-2)12-7-8-14-11-12/h7-8,11,13H,3-6,9-10H2,1-2H3. The van der Waals surface area contributed by atoms with Crippen LogP contribution < -0.4 is 0 Å². The van der Waals surface area contributed by atoms with Gasteiger partial charge in [-0.25, -0.2) is 0 Å². The van der Waals surface area contributed by atoms with E-state index in [9.17, 15) is 0 Å². The zero-order valence-electron chi connectivity index (χ0n) is 10.3. The Labute approximate surface area is 108 Å². The highest BCUT2D eigenvalue weighted by Gasteiger charge is 2.13. The van der Waals surface area contributed by atoms with E-state index < -0.39 is 0 Å². The molecule has 0 amide bonds. The summed E-state index contributed by atoms with van der Waals surface area (Å²) in [5, 5.41) is 0. The maximum Gasteiger partial charge on any atom is 0.0954 e. The second kappa shape index (κ2) is 9.06. The molecule has 0 aliphatic heterocycles. The highest BCUT2D eigenvalue weighted by Crippen LogP contribution is 2.40. The van der Waals surface area contributed by atoms with E-state index in [4.69, 9.17) is 4.42 Å². The molecule has 0 atom stereocenters. The van der Waals surface area contributed by atoms with Crippen LogP contribution in [0.25, 0.3) is 0 Å². The average Bonchev–Trinajstić information content (AvgIpc) is 2.81. The summed E-state index contributed by atoms with van der Waals surface area (Å²) < 4.78 is 5.75. The molecule has 0 radical (unpaired) electrons. The third-order valence-electron chi connectivity index (χ3n) is 2.35. The van der Waals surface area contributed by atoms with Gasteiger partial charge in [-0.05, 0) is 30.4 Å². The van der Waals surface area contributed by atoms with Crippen molar-refractivity contribution in [2.75, 3.05) is 11.5 Å². The van der Waals surface area contributed by atoms with Gasteiger partial charge in [0.15, 0.2) is 0 Å². The lowest BCUT2D eigenvalue weighted by Crippen LogP contribution is -1.91. The van der Waals surface area contributed by atoms with E-state index in [1.807, 2.05) is 6.26 Å². The van der Waals surface area contributed by atoms with Crippen LogP contribution in [0.3, 0.4) is 0 Å². The SMILES string of the molecule is CCCCSC(SCCCC)c1ccoc1. The fourth-order valence-corrected chi connectivity index (χ4v) is 4.27. The number of unbranched alkanes of at least 4 members (excludes halogenated alkanes) is 2. The van der Waals surface area contributed by atoms with Gasteiger partial charge in [-0.3, -0.25) is 0 Å². The Bertz CT molecular complexity index is 236. The third-order valence-corrected chi connectivity index (χ3v) is 5.36. The molecule has 0 N–H and O–H groups in total. The van der Waals surface area contributed by atoms with Gasteiger partial charge in [-0.2, -0.15) is 0 Å². The first-order valence-corrected chi connectivity index (χ1v) is 8.23. The Hall–Kier alpha value is -0.0200. The topological polar surface area (TPSA) is 13.1 Å². The lowest BCUT2D eigenvalue weighted by Gasteiger charge is -2.14. The molecular weight excluding hydrogens is 236 g/mol. The maximum absolute atomic E-state index is 5.18. The first-order chi connectivity index (χ1) is 7.88. The van der Waals surface area contributed by atoms with Crippen LogP contribution in [0.2, 0.25) is 0 Å². The van der Waals surface area contributed by atoms with E-state index in [0.717, 1.165) is 0 Å². The highest BCUT2D eigenvalue weighted by atomic mass is 32.2. The Balaban J connectivity index is 2.36. The quantitative estimate of drug-likeness (QED) is 0.438. The van der Waals surface area contributed by atoms with Gasteiger partial charge in [0.2, 0.25) is 0 Å². The molecule has 0 aromatic carbocycles. The van der Waals surface area contributed by atoms with Crippen LogP contribution in [0, 0.1) is 0 Å². The molecule has 1 nitrogen and oxygen atoms in total. The van der Waals surface area contributed by atoms with Crippen molar-refractivity contribution in [1.82, 2.24) is 0 Å². The van der Waals surface area contributed by atoms with Crippen molar-refractivity contribution < 1.29 is 4.42 Å². The molecule has 0 unspecified atom stereocenters. The molecule has 16 heavy (non-hydrogen) atoms. The third kappa shape index (κ3) is 5.35. The second-order valence-electron chi connectivity index (χ2n) is 3.84. The minimum Gasteiger partial charge on any atom is -0.472 e. The molecule has 1 heterocycles. The number of rotatable bonds is 9. The molecule has 0 bridgehead atoms. The maximum atomic E-state index is 5.18. The van der Waals surface area contributed by atoms with E-state index in [-0.39, 0.29) is 0 Å². The molecule has 0 aliphatic carbocycles. The summed E-state index contributed by atoms with van der Waals surface area (Å²) in [6, 6.07) is 2.10. The summed E-state index contributed by atoms with van der Waals surface area (Å²) in [5.41, 5.74) is 1.34. The van der Waals surface area contributed by atoms with E-state index in [1.165, 1.54) is 42.8 Å². The second-order valence-corrected chi connectivity index (χ2v) is 6.56. The number of hydrogen-bond acceptors (Lipinski definition) is 3. The summed E-state index contributed by atoms with van der Waals surface area (Å²) in [6.45, 7) is 4.50. The van der Waals surface area contributed by atoms with Gasteiger partial charge in [-0.15, -0.1) is 23.5 Å². The normalized spacial score (nSPS) is 11.2. The summed E-state index contributed by atoms with van der Waals surface area (Å²) in [6.07, 6.45) is 8.86. The zero-order chi connectivity index (χ0) is 11.6. The molecule has 3 heteroatoms. The van der Waals surface area contributed by atoms with Crippen LogP contribution in [0.4, 0.5) is 0 Å². The Morgan fingerprint density at radius 2 is 1.75 bits per heavy atom. The van der Waals surface area contributed by atoms with E-state index in [2.05, 4.69) is 43.4 Å². The van der Waals surface area contributed by atoms with Gasteiger partial charge in [0.1, 0.15) is 0 Å². The van der Waals surface area contributed by atoms with Gasteiger partial charge in [-0.1, -0.05) is 26.7 Å². The van der Waals surface area contributed by atoms with Crippen molar-refractivity contribution in [3.63, 3.8) is 0 Å². The van der Waals surface area contributed by atoms with Crippen molar-refractivity contribution in [2.45, 2.75) is 44.1 Å². The van der Waals surface area contributed by atoms with Crippen molar-refractivity contribution >= 4 is 23.5 Å². The number of thioether (sulfide) groups is 2.